The van der Waals surface area contributed by atoms with Crippen LogP contribution in [-0.4, -0.2) is 60.5 Å². The zero-order valence-electron chi connectivity index (χ0n) is 17.2. The van der Waals surface area contributed by atoms with Crippen LogP contribution in [0.1, 0.15) is 40.5 Å². The first kappa shape index (κ1) is 24.4. The molecule has 162 valence electrons. The molecule has 1 aliphatic heterocycles. The van der Waals surface area contributed by atoms with Crippen LogP contribution in [0.5, 0.6) is 0 Å². The van der Waals surface area contributed by atoms with Crippen LogP contribution in [0.15, 0.2) is 25.3 Å². The Morgan fingerprint density at radius 2 is 1.31 bits per heavy atom. The van der Waals surface area contributed by atoms with Crippen LogP contribution in [0.3, 0.4) is 0 Å². The average Bonchev–Trinajstić information content (AvgIpc) is 2.58. The van der Waals surface area contributed by atoms with Crippen LogP contribution in [-0.2, 0) is 42.9 Å². The van der Waals surface area contributed by atoms with Crippen molar-refractivity contribution in [2.75, 3.05) is 6.61 Å². The molecule has 0 radical (unpaired) electrons. The summed E-state index contributed by atoms with van der Waals surface area (Å²) in [5.74, 6) is -2.57. The van der Waals surface area contributed by atoms with Crippen LogP contribution in [0.25, 0.3) is 0 Å². The molecule has 0 aromatic heterocycles. The standard InChI is InChI=1S/C20H28O9/c1-7-9-20(10-8-2)19(28-15(6)24)18(27-14(5)23)17(26-13(4)22)16(29-20)11-25-12(3)21/h7-8,16-19H,1-2,9-11H2,3-6H3/t16-,17+,18+,19-/m1/s1. The van der Waals surface area contributed by atoms with Crippen molar-refractivity contribution >= 4 is 23.9 Å². The van der Waals surface area contributed by atoms with Gasteiger partial charge >= 0.3 is 23.9 Å². The van der Waals surface area contributed by atoms with Crippen molar-refractivity contribution in [1.82, 2.24) is 0 Å². The van der Waals surface area contributed by atoms with Crippen molar-refractivity contribution in [3.63, 3.8) is 0 Å². The lowest BCUT2D eigenvalue weighted by Gasteiger charge is -2.51. The van der Waals surface area contributed by atoms with Gasteiger partial charge in [-0.15, -0.1) is 13.2 Å². The molecule has 0 unspecified atom stereocenters. The Morgan fingerprint density at radius 1 is 0.828 bits per heavy atom. The smallest absolute Gasteiger partial charge is 0.303 e. The van der Waals surface area contributed by atoms with E-state index in [2.05, 4.69) is 13.2 Å². The molecule has 0 aromatic rings. The minimum absolute atomic E-state index is 0.193. The zero-order valence-corrected chi connectivity index (χ0v) is 17.2. The van der Waals surface area contributed by atoms with Crippen molar-refractivity contribution in [2.24, 2.45) is 0 Å². The second-order valence-electron chi connectivity index (χ2n) is 6.69. The van der Waals surface area contributed by atoms with Gasteiger partial charge in [0.15, 0.2) is 18.3 Å². The van der Waals surface area contributed by atoms with Crippen LogP contribution in [0.2, 0.25) is 0 Å². The monoisotopic (exact) mass is 412 g/mol. The third-order valence-corrected chi connectivity index (χ3v) is 4.22. The summed E-state index contributed by atoms with van der Waals surface area (Å²) in [7, 11) is 0. The van der Waals surface area contributed by atoms with Gasteiger partial charge in [-0.1, -0.05) is 12.2 Å². The predicted molar refractivity (Wildman–Crippen MR) is 101 cm³/mol. The third-order valence-electron chi connectivity index (χ3n) is 4.22. The molecule has 0 aliphatic carbocycles. The van der Waals surface area contributed by atoms with Crippen molar-refractivity contribution in [2.45, 2.75) is 70.6 Å². The second-order valence-corrected chi connectivity index (χ2v) is 6.69. The molecule has 4 atom stereocenters. The van der Waals surface area contributed by atoms with E-state index in [1.54, 1.807) is 12.2 Å². The molecule has 1 heterocycles. The van der Waals surface area contributed by atoms with Crippen molar-refractivity contribution in [3.05, 3.63) is 25.3 Å². The van der Waals surface area contributed by atoms with E-state index in [4.69, 9.17) is 23.7 Å². The normalized spacial score (nSPS) is 25.2. The molecule has 0 N–H and O–H groups in total. The molecular formula is C20H28O9. The fourth-order valence-corrected chi connectivity index (χ4v) is 3.36. The van der Waals surface area contributed by atoms with E-state index in [1.807, 2.05) is 0 Å². The summed E-state index contributed by atoms with van der Waals surface area (Å²) < 4.78 is 27.5. The van der Waals surface area contributed by atoms with E-state index >= 15 is 0 Å². The highest BCUT2D eigenvalue weighted by Gasteiger charge is 2.58. The number of hydrogen-bond donors (Lipinski definition) is 0. The van der Waals surface area contributed by atoms with Gasteiger partial charge in [-0.05, 0) is 12.8 Å². The lowest BCUT2D eigenvalue weighted by atomic mass is 9.79. The quantitative estimate of drug-likeness (QED) is 0.317. The number of hydrogen-bond acceptors (Lipinski definition) is 9. The van der Waals surface area contributed by atoms with Gasteiger partial charge < -0.3 is 23.7 Å². The molecule has 1 saturated heterocycles. The Hall–Kier alpha value is -2.68. The maximum Gasteiger partial charge on any atom is 0.303 e. The lowest BCUT2D eigenvalue weighted by molar-refractivity contribution is -0.284. The summed E-state index contributed by atoms with van der Waals surface area (Å²) in [6.45, 7) is 11.9. The SMILES string of the molecule is C=CCC1(CC=C)O[C@H](COC(C)=O)[C@H](OC(C)=O)[C@H](OC(C)=O)[C@H]1OC(C)=O. The molecule has 29 heavy (non-hydrogen) atoms. The Morgan fingerprint density at radius 3 is 1.72 bits per heavy atom. The molecule has 9 heteroatoms. The van der Waals surface area contributed by atoms with Gasteiger partial charge in [0.2, 0.25) is 0 Å². The van der Waals surface area contributed by atoms with Gasteiger partial charge in [0.05, 0.1) is 0 Å². The van der Waals surface area contributed by atoms with Crippen LogP contribution < -0.4 is 0 Å². The molecule has 9 nitrogen and oxygen atoms in total. The van der Waals surface area contributed by atoms with E-state index in [-0.39, 0.29) is 19.4 Å². The molecule has 1 aliphatic rings. The van der Waals surface area contributed by atoms with Gasteiger partial charge in [-0.25, -0.2) is 0 Å². The summed E-state index contributed by atoms with van der Waals surface area (Å²) in [6.07, 6.45) is -0.996. The number of carbonyl (C=O) groups is 4. The van der Waals surface area contributed by atoms with E-state index in [1.165, 1.54) is 27.7 Å². The molecule has 0 spiro atoms. The molecule has 1 rings (SSSR count). The van der Waals surface area contributed by atoms with Crippen molar-refractivity contribution < 1.29 is 42.9 Å². The Labute approximate surface area is 170 Å². The largest absolute Gasteiger partial charge is 0.463 e. The number of ether oxygens (including phenoxy) is 5. The van der Waals surface area contributed by atoms with Crippen LogP contribution in [0, 0.1) is 0 Å². The Bertz CT molecular complexity index is 644. The van der Waals surface area contributed by atoms with Gasteiger partial charge in [-0.3, -0.25) is 19.2 Å². The summed E-state index contributed by atoms with van der Waals surface area (Å²) in [5.41, 5.74) is -1.23. The van der Waals surface area contributed by atoms with Gasteiger partial charge in [0.1, 0.15) is 18.3 Å². The molecule has 0 bridgehead atoms. The highest BCUT2D eigenvalue weighted by atomic mass is 16.7. The maximum atomic E-state index is 11.8. The summed E-state index contributed by atoms with van der Waals surface area (Å²) in [4.78, 5) is 46.6. The maximum absolute atomic E-state index is 11.8. The number of esters is 4. The second kappa shape index (κ2) is 10.8. The van der Waals surface area contributed by atoms with E-state index in [9.17, 15) is 19.2 Å². The van der Waals surface area contributed by atoms with Crippen LogP contribution in [0.4, 0.5) is 0 Å². The van der Waals surface area contributed by atoms with Crippen molar-refractivity contribution in [3.8, 4) is 0 Å². The fraction of sp³-hybridized carbons (Fsp3) is 0.600. The highest BCUT2D eigenvalue weighted by Crippen LogP contribution is 2.40. The topological polar surface area (TPSA) is 114 Å². The van der Waals surface area contributed by atoms with Gasteiger partial charge in [-0.2, -0.15) is 0 Å². The number of rotatable bonds is 9. The summed E-state index contributed by atoms with van der Waals surface area (Å²) in [6, 6.07) is 0. The van der Waals surface area contributed by atoms with Crippen molar-refractivity contribution in [1.29, 1.82) is 0 Å². The van der Waals surface area contributed by atoms with E-state index < -0.39 is 53.9 Å². The number of carbonyl (C=O) groups excluding carboxylic acids is 4. The first-order valence-electron chi connectivity index (χ1n) is 9.11. The van der Waals surface area contributed by atoms with E-state index in [0.717, 1.165) is 0 Å². The van der Waals surface area contributed by atoms with Gasteiger partial charge in [0.25, 0.3) is 0 Å². The Kier molecular flexibility index (Phi) is 9.03. The molecule has 0 amide bonds. The third kappa shape index (κ3) is 6.70. The molecular weight excluding hydrogens is 384 g/mol. The minimum atomic E-state index is -1.23. The first-order chi connectivity index (χ1) is 13.6. The summed E-state index contributed by atoms with van der Waals surface area (Å²) in [5, 5.41) is 0. The molecule has 0 aromatic carbocycles. The summed E-state index contributed by atoms with van der Waals surface area (Å²) >= 11 is 0. The highest BCUT2D eigenvalue weighted by molar-refractivity contribution is 5.69. The average molecular weight is 412 g/mol. The fourth-order valence-electron chi connectivity index (χ4n) is 3.36. The minimum Gasteiger partial charge on any atom is -0.463 e. The molecule has 1 fully saturated rings. The predicted octanol–water partition coefficient (Wildman–Crippen LogP) is 1.63. The Balaban J connectivity index is 3.54. The van der Waals surface area contributed by atoms with E-state index in [0.29, 0.717) is 0 Å². The zero-order chi connectivity index (χ0) is 22.2. The van der Waals surface area contributed by atoms with Gasteiger partial charge in [0, 0.05) is 27.7 Å². The first-order valence-corrected chi connectivity index (χ1v) is 9.11. The van der Waals surface area contributed by atoms with Crippen LogP contribution >= 0.6 is 0 Å². The molecule has 0 saturated carbocycles. The lowest BCUT2D eigenvalue weighted by Crippen LogP contribution is -2.67.